The first-order chi connectivity index (χ1) is 7.60. The average Bonchev–Trinajstić information content (AvgIpc) is 2.56. The second kappa shape index (κ2) is 5.26. The van der Waals surface area contributed by atoms with Gasteiger partial charge in [-0.15, -0.1) is 6.42 Å². The molecule has 0 bridgehead atoms. The van der Waals surface area contributed by atoms with Crippen LogP contribution in [0.2, 0.25) is 0 Å². The van der Waals surface area contributed by atoms with Gasteiger partial charge in [0.2, 0.25) is 0 Å². The number of terminal acetylenes is 1. The summed E-state index contributed by atoms with van der Waals surface area (Å²) in [6, 6.07) is 1.67. The van der Waals surface area contributed by atoms with E-state index in [0.29, 0.717) is 24.5 Å². The molecule has 4 heteroatoms. The number of carbonyl (C=O) groups excluding carboxylic acids is 1. The molecule has 0 aliphatic heterocycles. The zero-order chi connectivity index (χ0) is 12.1. The molecule has 0 aliphatic rings. The number of amides is 1. The van der Waals surface area contributed by atoms with Crippen molar-refractivity contribution in [3.05, 3.63) is 18.0 Å². The Kier molecular flexibility index (Phi) is 4.01. The van der Waals surface area contributed by atoms with Crippen LogP contribution in [0.25, 0.3) is 0 Å². The molecule has 86 valence electrons. The lowest BCUT2D eigenvalue weighted by Crippen LogP contribution is -2.33. The fourth-order valence-electron chi connectivity index (χ4n) is 1.60. The van der Waals surface area contributed by atoms with Crippen molar-refractivity contribution in [3.63, 3.8) is 0 Å². The van der Waals surface area contributed by atoms with E-state index < -0.39 is 0 Å². The molecule has 2 N–H and O–H groups in total. The first-order valence-corrected chi connectivity index (χ1v) is 5.24. The molecular formula is C12H17N3O. The summed E-state index contributed by atoms with van der Waals surface area (Å²) in [5, 5.41) is 0. The van der Waals surface area contributed by atoms with E-state index >= 15 is 0 Å². The third-order valence-corrected chi connectivity index (χ3v) is 2.31. The minimum absolute atomic E-state index is 0.0704. The molecule has 4 nitrogen and oxygen atoms in total. The first kappa shape index (κ1) is 12.2. The third kappa shape index (κ3) is 2.57. The smallest absolute Gasteiger partial charge is 0.271 e. The van der Waals surface area contributed by atoms with Gasteiger partial charge in [-0.1, -0.05) is 12.8 Å². The zero-order valence-electron chi connectivity index (χ0n) is 9.73. The SMILES string of the molecule is C#CCN(CCC)C(=O)c1cc(N)cn1C. The minimum Gasteiger partial charge on any atom is -0.397 e. The van der Waals surface area contributed by atoms with E-state index in [9.17, 15) is 4.79 Å². The Bertz CT molecular complexity index is 414. The standard InChI is InChI=1S/C12H17N3O/c1-4-6-15(7-5-2)12(16)11-8-10(13)9-14(11)3/h1,8-9H,5-7,13H2,2-3H3. The van der Waals surface area contributed by atoms with Crippen LogP contribution in [-0.4, -0.2) is 28.5 Å². The van der Waals surface area contributed by atoms with Crippen LogP contribution in [0.3, 0.4) is 0 Å². The largest absolute Gasteiger partial charge is 0.397 e. The molecule has 1 amide bonds. The maximum absolute atomic E-state index is 12.1. The van der Waals surface area contributed by atoms with Crippen LogP contribution in [0, 0.1) is 12.3 Å². The lowest BCUT2D eigenvalue weighted by atomic mass is 10.3. The summed E-state index contributed by atoms with van der Waals surface area (Å²) in [5.74, 6) is 2.42. The minimum atomic E-state index is -0.0704. The summed E-state index contributed by atoms with van der Waals surface area (Å²) < 4.78 is 1.72. The number of rotatable bonds is 4. The number of nitrogens with zero attached hydrogens (tertiary/aromatic N) is 2. The zero-order valence-corrected chi connectivity index (χ0v) is 9.73. The van der Waals surface area contributed by atoms with Gasteiger partial charge in [0.05, 0.1) is 12.2 Å². The summed E-state index contributed by atoms with van der Waals surface area (Å²) in [4.78, 5) is 13.8. The highest BCUT2D eigenvalue weighted by Crippen LogP contribution is 2.11. The second-order valence-corrected chi connectivity index (χ2v) is 3.70. The summed E-state index contributed by atoms with van der Waals surface area (Å²) in [6.07, 6.45) is 7.84. The van der Waals surface area contributed by atoms with Gasteiger partial charge in [-0.05, 0) is 12.5 Å². The van der Waals surface area contributed by atoms with Crippen LogP contribution in [0.15, 0.2) is 12.3 Å². The van der Waals surface area contributed by atoms with E-state index in [1.807, 2.05) is 6.92 Å². The Labute approximate surface area is 96.0 Å². The van der Waals surface area contributed by atoms with Crippen molar-refractivity contribution in [1.82, 2.24) is 9.47 Å². The monoisotopic (exact) mass is 219 g/mol. The Balaban J connectivity index is 2.90. The Morgan fingerprint density at radius 1 is 1.69 bits per heavy atom. The van der Waals surface area contributed by atoms with Gasteiger partial charge < -0.3 is 15.2 Å². The predicted molar refractivity (Wildman–Crippen MR) is 64.9 cm³/mol. The van der Waals surface area contributed by atoms with E-state index in [4.69, 9.17) is 12.2 Å². The number of anilines is 1. The fourth-order valence-corrected chi connectivity index (χ4v) is 1.60. The van der Waals surface area contributed by atoms with Gasteiger partial charge in [0.25, 0.3) is 5.91 Å². The number of aromatic nitrogens is 1. The quantitative estimate of drug-likeness (QED) is 0.771. The first-order valence-electron chi connectivity index (χ1n) is 5.24. The van der Waals surface area contributed by atoms with Crippen LogP contribution in [-0.2, 0) is 7.05 Å². The topological polar surface area (TPSA) is 51.3 Å². The summed E-state index contributed by atoms with van der Waals surface area (Å²) in [5.41, 5.74) is 6.79. The molecule has 1 aromatic rings. The molecular weight excluding hydrogens is 202 g/mol. The number of hydrogen-bond acceptors (Lipinski definition) is 2. The summed E-state index contributed by atoms with van der Waals surface area (Å²) in [6.45, 7) is 3.00. The molecule has 0 saturated carbocycles. The lowest BCUT2D eigenvalue weighted by molar-refractivity contribution is 0.0767. The van der Waals surface area contributed by atoms with Crippen molar-refractivity contribution in [3.8, 4) is 12.3 Å². The molecule has 0 saturated heterocycles. The Morgan fingerprint density at radius 2 is 2.38 bits per heavy atom. The second-order valence-electron chi connectivity index (χ2n) is 3.70. The maximum atomic E-state index is 12.1. The number of aryl methyl sites for hydroxylation is 1. The van der Waals surface area contributed by atoms with Gasteiger partial charge in [0.15, 0.2) is 0 Å². The number of carbonyl (C=O) groups is 1. The molecule has 1 heterocycles. The van der Waals surface area contributed by atoms with Gasteiger partial charge >= 0.3 is 0 Å². The van der Waals surface area contributed by atoms with Crippen LogP contribution in [0.1, 0.15) is 23.8 Å². The summed E-state index contributed by atoms with van der Waals surface area (Å²) >= 11 is 0. The summed E-state index contributed by atoms with van der Waals surface area (Å²) in [7, 11) is 1.80. The molecule has 0 atom stereocenters. The third-order valence-electron chi connectivity index (χ3n) is 2.31. The predicted octanol–water partition coefficient (Wildman–Crippen LogP) is 1.09. The normalized spacial score (nSPS) is 9.81. The van der Waals surface area contributed by atoms with Crippen LogP contribution < -0.4 is 5.73 Å². The number of nitrogen functional groups attached to an aromatic ring is 1. The number of hydrogen-bond donors (Lipinski definition) is 1. The van der Waals surface area contributed by atoms with Crippen molar-refractivity contribution in [2.24, 2.45) is 7.05 Å². The molecule has 1 rings (SSSR count). The molecule has 0 aliphatic carbocycles. The molecule has 1 aromatic heterocycles. The van der Waals surface area contributed by atoms with Crippen LogP contribution >= 0.6 is 0 Å². The van der Waals surface area contributed by atoms with E-state index in [2.05, 4.69) is 5.92 Å². The van der Waals surface area contributed by atoms with Gasteiger partial charge in [-0.2, -0.15) is 0 Å². The van der Waals surface area contributed by atoms with Gasteiger partial charge in [-0.3, -0.25) is 4.79 Å². The van der Waals surface area contributed by atoms with Crippen molar-refractivity contribution in [1.29, 1.82) is 0 Å². The van der Waals surface area contributed by atoms with Crippen molar-refractivity contribution in [2.45, 2.75) is 13.3 Å². The van der Waals surface area contributed by atoms with E-state index in [1.165, 1.54) is 0 Å². The van der Waals surface area contributed by atoms with Gasteiger partial charge in [0, 0.05) is 19.8 Å². The number of nitrogens with two attached hydrogens (primary N) is 1. The van der Waals surface area contributed by atoms with E-state index in [-0.39, 0.29) is 5.91 Å². The molecule has 0 unspecified atom stereocenters. The molecule has 16 heavy (non-hydrogen) atoms. The Hall–Kier alpha value is -1.89. The van der Waals surface area contributed by atoms with Gasteiger partial charge in [-0.25, -0.2) is 0 Å². The molecule has 0 aromatic carbocycles. The highest BCUT2D eigenvalue weighted by molar-refractivity contribution is 5.94. The Morgan fingerprint density at radius 3 is 2.81 bits per heavy atom. The molecule has 0 radical (unpaired) electrons. The molecule has 0 fully saturated rings. The lowest BCUT2D eigenvalue weighted by Gasteiger charge is -2.19. The van der Waals surface area contributed by atoms with Crippen LogP contribution in [0.4, 0.5) is 5.69 Å². The van der Waals surface area contributed by atoms with Crippen molar-refractivity contribution < 1.29 is 4.79 Å². The van der Waals surface area contributed by atoms with E-state index in [1.54, 1.807) is 28.8 Å². The van der Waals surface area contributed by atoms with Gasteiger partial charge in [0.1, 0.15) is 5.69 Å². The highest BCUT2D eigenvalue weighted by Gasteiger charge is 2.17. The van der Waals surface area contributed by atoms with Crippen molar-refractivity contribution in [2.75, 3.05) is 18.8 Å². The average molecular weight is 219 g/mol. The maximum Gasteiger partial charge on any atom is 0.271 e. The fraction of sp³-hybridized carbons (Fsp3) is 0.417. The van der Waals surface area contributed by atoms with E-state index in [0.717, 1.165) is 6.42 Å². The van der Waals surface area contributed by atoms with Crippen molar-refractivity contribution >= 4 is 11.6 Å². The molecule has 0 spiro atoms. The van der Waals surface area contributed by atoms with Crippen LogP contribution in [0.5, 0.6) is 0 Å². The highest BCUT2D eigenvalue weighted by atomic mass is 16.2.